The molecule has 1 heterocycles. The minimum Gasteiger partial charge on any atom is -0.298 e. The summed E-state index contributed by atoms with van der Waals surface area (Å²) in [6.45, 7) is 0. The fourth-order valence-electron chi connectivity index (χ4n) is 0.911. The normalized spacial score (nSPS) is 19.0. The number of hydrogen-bond donors (Lipinski definition) is 1. The zero-order valence-corrected chi connectivity index (χ0v) is 7.51. The van der Waals surface area contributed by atoms with Gasteiger partial charge in [0, 0.05) is 20.4 Å². The number of rotatable bonds is 1. The van der Waals surface area contributed by atoms with E-state index in [1.54, 1.807) is 19.1 Å². The van der Waals surface area contributed by atoms with Crippen LogP contribution in [0.15, 0.2) is 11.2 Å². The molecule has 6 heteroatoms. The number of nitrogens with one attached hydrogen (secondary N) is 1. The summed E-state index contributed by atoms with van der Waals surface area (Å²) < 4.78 is 22.0. The molecule has 1 aliphatic rings. The quantitative estimate of drug-likeness (QED) is 0.564. The molecule has 1 aliphatic heterocycles. The third-order valence-corrected chi connectivity index (χ3v) is 2.46. The predicted molar refractivity (Wildman–Crippen MR) is 41.6 cm³/mol. The fourth-order valence-corrected chi connectivity index (χ4v) is 1.80. The lowest BCUT2D eigenvalue weighted by atomic mass is 10.8. The van der Waals surface area contributed by atoms with Gasteiger partial charge in [-0.25, -0.2) is 8.42 Å². The van der Waals surface area contributed by atoms with E-state index in [9.17, 15) is 8.42 Å². The summed E-state index contributed by atoms with van der Waals surface area (Å²) in [6.07, 6.45) is 2.70. The first-order chi connectivity index (χ1) is 4.91. The largest absolute Gasteiger partial charge is 0.298 e. The Balaban J connectivity index is 2.98. The van der Waals surface area contributed by atoms with Crippen molar-refractivity contribution < 1.29 is 8.42 Å². The summed E-state index contributed by atoms with van der Waals surface area (Å²) in [5.74, 6) is 0. The minimum absolute atomic E-state index is 0.278. The van der Waals surface area contributed by atoms with Crippen molar-refractivity contribution in [2.75, 3.05) is 20.4 Å². The zero-order valence-electron chi connectivity index (χ0n) is 6.70. The van der Waals surface area contributed by atoms with Crippen LogP contribution in [0, 0.1) is 0 Å². The molecule has 0 bridgehead atoms. The van der Waals surface area contributed by atoms with E-state index in [1.807, 2.05) is 0 Å². The van der Waals surface area contributed by atoms with Crippen molar-refractivity contribution in [2.24, 2.45) is 0 Å². The molecular weight excluding hydrogens is 166 g/mol. The van der Waals surface area contributed by atoms with Crippen LogP contribution >= 0.6 is 0 Å². The number of hydrogen-bond acceptors (Lipinski definition) is 5. The van der Waals surface area contributed by atoms with Crippen LogP contribution in [0.2, 0.25) is 0 Å². The van der Waals surface area contributed by atoms with Crippen LogP contribution in [-0.4, -0.2) is 38.8 Å². The van der Waals surface area contributed by atoms with E-state index in [1.165, 1.54) is 17.5 Å². The summed E-state index contributed by atoms with van der Waals surface area (Å²) in [4.78, 5) is 0. The van der Waals surface area contributed by atoms with Gasteiger partial charge < -0.3 is 0 Å². The second kappa shape index (κ2) is 2.38. The number of nitrogens with zero attached hydrogens (tertiary/aromatic N) is 2. The summed E-state index contributed by atoms with van der Waals surface area (Å²) >= 11 is 0. The highest BCUT2D eigenvalue weighted by molar-refractivity contribution is 7.94. The molecule has 11 heavy (non-hydrogen) atoms. The monoisotopic (exact) mass is 177 g/mol. The highest BCUT2D eigenvalue weighted by Crippen LogP contribution is 2.12. The van der Waals surface area contributed by atoms with Crippen molar-refractivity contribution in [3.05, 3.63) is 11.2 Å². The van der Waals surface area contributed by atoms with E-state index < -0.39 is 9.84 Å². The molecule has 64 valence electrons. The van der Waals surface area contributed by atoms with Gasteiger partial charge in [0.25, 0.3) is 0 Å². The molecule has 0 spiro atoms. The molecule has 1 N–H and O–H groups in total. The van der Waals surface area contributed by atoms with Gasteiger partial charge in [0.05, 0.1) is 6.20 Å². The third-order valence-electron chi connectivity index (χ3n) is 1.32. The highest BCUT2D eigenvalue weighted by atomic mass is 32.2. The van der Waals surface area contributed by atoms with E-state index >= 15 is 0 Å². The average Bonchev–Trinajstić information content (AvgIpc) is 2.08. The first-order valence-corrected chi connectivity index (χ1v) is 4.95. The predicted octanol–water partition coefficient (Wildman–Crippen LogP) is -0.873. The Hall–Kier alpha value is -0.750. The molecular formula is C5H11N3O2S. The second-order valence-electron chi connectivity index (χ2n) is 2.51. The molecule has 0 aliphatic carbocycles. The molecule has 0 aromatic heterocycles. The van der Waals surface area contributed by atoms with Gasteiger partial charge in [0.15, 0.2) is 14.9 Å². The Labute approximate surface area is 66.1 Å². The van der Waals surface area contributed by atoms with E-state index in [2.05, 4.69) is 5.53 Å². The van der Waals surface area contributed by atoms with Crippen molar-refractivity contribution in [2.45, 2.75) is 0 Å². The van der Waals surface area contributed by atoms with Crippen LogP contribution in [-0.2, 0) is 9.84 Å². The lowest BCUT2D eigenvalue weighted by molar-refractivity contribution is 0.188. The number of hydrazine groups is 2. The maximum absolute atomic E-state index is 11.0. The van der Waals surface area contributed by atoms with Gasteiger partial charge in [-0.1, -0.05) is 0 Å². The van der Waals surface area contributed by atoms with E-state index in [0.29, 0.717) is 0 Å². The topological polar surface area (TPSA) is 52.7 Å². The van der Waals surface area contributed by atoms with Crippen molar-refractivity contribution in [3.8, 4) is 0 Å². The Morgan fingerprint density at radius 3 is 2.18 bits per heavy atom. The van der Waals surface area contributed by atoms with Gasteiger partial charge in [-0.2, -0.15) is 0 Å². The third kappa shape index (κ3) is 1.63. The molecule has 5 nitrogen and oxygen atoms in total. The smallest absolute Gasteiger partial charge is 0.193 e. The lowest BCUT2D eigenvalue weighted by Gasteiger charge is -2.15. The SMILES string of the molecule is CN1C=C(S(C)(=O)=O)N(C)N1. The van der Waals surface area contributed by atoms with Crippen molar-refractivity contribution >= 4 is 9.84 Å². The molecule has 1 rings (SSSR count). The van der Waals surface area contributed by atoms with Crippen LogP contribution in [0.1, 0.15) is 0 Å². The average molecular weight is 177 g/mol. The summed E-state index contributed by atoms with van der Waals surface area (Å²) in [7, 11) is 0.278. The Morgan fingerprint density at radius 2 is 2.00 bits per heavy atom. The molecule has 0 saturated carbocycles. The van der Waals surface area contributed by atoms with Crippen LogP contribution < -0.4 is 5.53 Å². The first-order valence-electron chi connectivity index (χ1n) is 3.06. The molecule has 0 unspecified atom stereocenters. The van der Waals surface area contributed by atoms with Crippen LogP contribution in [0.5, 0.6) is 0 Å². The maximum Gasteiger partial charge on any atom is 0.193 e. The number of sulfone groups is 1. The summed E-state index contributed by atoms with van der Waals surface area (Å²) in [6, 6.07) is 0. The second-order valence-corrected chi connectivity index (χ2v) is 4.47. The van der Waals surface area contributed by atoms with Crippen LogP contribution in [0.25, 0.3) is 0 Å². The fraction of sp³-hybridized carbons (Fsp3) is 0.600. The molecule has 0 atom stereocenters. The van der Waals surface area contributed by atoms with Crippen molar-refractivity contribution in [1.29, 1.82) is 0 Å². The van der Waals surface area contributed by atoms with Crippen LogP contribution in [0.4, 0.5) is 0 Å². The molecule has 0 aromatic carbocycles. The van der Waals surface area contributed by atoms with E-state index in [0.717, 1.165) is 0 Å². The maximum atomic E-state index is 11.0. The molecule has 0 saturated heterocycles. The van der Waals surface area contributed by atoms with Gasteiger partial charge >= 0.3 is 0 Å². The van der Waals surface area contributed by atoms with E-state index in [-0.39, 0.29) is 5.03 Å². The van der Waals surface area contributed by atoms with Gasteiger partial charge in [-0.3, -0.25) is 10.0 Å². The Bertz CT molecular complexity index is 282. The van der Waals surface area contributed by atoms with Crippen LogP contribution in [0.3, 0.4) is 0 Å². The van der Waals surface area contributed by atoms with Gasteiger partial charge in [0.1, 0.15) is 0 Å². The van der Waals surface area contributed by atoms with Gasteiger partial charge in [-0.15, -0.1) is 5.53 Å². The Morgan fingerprint density at radius 1 is 1.45 bits per heavy atom. The minimum atomic E-state index is -3.10. The Kier molecular flexibility index (Phi) is 1.81. The first kappa shape index (κ1) is 8.35. The van der Waals surface area contributed by atoms with Crippen molar-refractivity contribution in [3.63, 3.8) is 0 Å². The molecule has 0 amide bonds. The van der Waals surface area contributed by atoms with Crippen molar-refractivity contribution in [1.82, 2.24) is 15.6 Å². The van der Waals surface area contributed by atoms with E-state index in [4.69, 9.17) is 0 Å². The standard InChI is InChI=1S/C5H11N3O2S/c1-7-4-5(8(2)6-7)11(3,9)10/h4,6H,1-3H3. The lowest BCUT2D eigenvalue weighted by Crippen LogP contribution is -2.36. The molecule has 0 aromatic rings. The molecule has 0 fully saturated rings. The zero-order chi connectivity index (χ0) is 8.65. The molecule has 0 radical (unpaired) electrons. The summed E-state index contributed by atoms with van der Waals surface area (Å²) in [5.41, 5.74) is 2.77. The van der Waals surface area contributed by atoms with Gasteiger partial charge in [0.2, 0.25) is 0 Å². The summed E-state index contributed by atoms with van der Waals surface area (Å²) in [5, 5.41) is 3.31. The van der Waals surface area contributed by atoms with Gasteiger partial charge in [-0.05, 0) is 0 Å². The highest BCUT2D eigenvalue weighted by Gasteiger charge is 2.22.